The van der Waals surface area contributed by atoms with Gasteiger partial charge in [-0.2, -0.15) is 4.58 Å². The van der Waals surface area contributed by atoms with Crippen molar-refractivity contribution in [1.29, 1.82) is 0 Å². The highest BCUT2D eigenvalue weighted by atomic mass is 16.5. The van der Waals surface area contributed by atoms with Gasteiger partial charge >= 0.3 is 5.97 Å². The number of allylic oxidation sites excluding steroid dienone is 3. The first-order valence-corrected chi connectivity index (χ1v) is 15.0. The van der Waals surface area contributed by atoms with E-state index in [-0.39, 0.29) is 18.1 Å². The molecule has 216 valence electrons. The molecule has 3 aromatic rings. The van der Waals surface area contributed by atoms with Crippen molar-refractivity contribution >= 4 is 53.0 Å². The van der Waals surface area contributed by atoms with E-state index in [0.717, 1.165) is 57.7 Å². The van der Waals surface area contributed by atoms with Crippen LogP contribution in [0.15, 0.2) is 59.9 Å². The fourth-order valence-electron chi connectivity index (χ4n) is 6.64. The third-order valence-corrected chi connectivity index (χ3v) is 8.89. The normalized spacial score (nSPS) is 17.9. The zero-order valence-electron chi connectivity index (χ0n) is 25.7. The van der Waals surface area contributed by atoms with Gasteiger partial charge in [-0.25, -0.2) is 0 Å². The van der Waals surface area contributed by atoms with E-state index in [2.05, 4.69) is 47.3 Å². The summed E-state index contributed by atoms with van der Waals surface area (Å²) >= 11 is 0. The Labute approximate surface area is 250 Å². The van der Waals surface area contributed by atoms with Gasteiger partial charge in [0.15, 0.2) is 12.3 Å². The van der Waals surface area contributed by atoms with Crippen molar-refractivity contribution in [3.8, 4) is 0 Å². The Kier molecular flexibility index (Phi) is 8.31. The van der Waals surface area contributed by atoms with Gasteiger partial charge in [-0.1, -0.05) is 50.0 Å². The van der Waals surface area contributed by atoms with E-state index < -0.39 is 5.41 Å². The topological polar surface area (TPSA) is 60.5 Å². The number of carbonyl (C=O) groups excluding carboxylic acids is 2. The molecule has 2 aliphatic rings. The van der Waals surface area contributed by atoms with Crippen molar-refractivity contribution in [2.75, 3.05) is 20.3 Å². The molecule has 42 heavy (non-hydrogen) atoms. The number of aryl methyl sites for hydroxylation is 1. The number of ether oxygens (including phenoxy) is 2. The number of ketones is 1. The number of hydrogen-bond donors (Lipinski definition) is 0. The van der Waals surface area contributed by atoms with Crippen LogP contribution in [0, 0.1) is 12.3 Å². The smallest absolute Gasteiger partial charge is 0.311 e. The molecular weight excluding hydrogens is 523 g/mol. The van der Waals surface area contributed by atoms with Crippen LogP contribution < -0.4 is 0 Å². The second-order valence-corrected chi connectivity index (χ2v) is 11.5. The Morgan fingerprint density at radius 3 is 2.43 bits per heavy atom. The molecule has 2 aromatic carbocycles. The lowest BCUT2D eigenvalue weighted by Crippen LogP contribution is -2.30. The first-order valence-electron chi connectivity index (χ1n) is 15.0. The summed E-state index contributed by atoms with van der Waals surface area (Å²) in [5.74, 6) is 0.407. The molecule has 0 saturated carbocycles. The van der Waals surface area contributed by atoms with Gasteiger partial charge in [0.25, 0.3) is 0 Å². The fraction of sp³-hybridized carbons (Fsp3) is 0.400. The van der Waals surface area contributed by atoms with Gasteiger partial charge in [-0.05, 0) is 39.3 Å². The quantitative estimate of drug-likeness (QED) is 0.0846. The highest BCUT2D eigenvalue weighted by Crippen LogP contribution is 2.48. The number of methoxy groups -OCH3 is 1. The maximum Gasteiger partial charge on any atom is 0.311 e. The van der Waals surface area contributed by atoms with Crippen LogP contribution in [0.3, 0.4) is 0 Å². The third-order valence-electron chi connectivity index (χ3n) is 8.89. The van der Waals surface area contributed by atoms with Crippen molar-refractivity contribution < 1.29 is 23.6 Å². The van der Waals surface area contributed by atoms with Crippen LogP contribution in [0.25, 0.3) is 22.0 Å². The van der Waals surface area contributed by atoms with Crippen LogP contribution in [0.5, 0.6) is 0 Å². The number of carbonyl (C=O) groups is 2. The summed E-state index contributed by atoms with van der Waals surface area (Å²) in [6.07, 6.45) is 2.49. The van der Waals surface area contributed by atoms with Gasteiger partial charge in [0, 0.05) is 48.1 Å². The summed E-state index contributed by atoms with van der Waals surface area (Å²) in [4.78, 5) is 26.8. The molecule has 0 amide bonds. The largest absolute Gasteiger partial charge is 0.495 e. The van der Waals surface area contributed by atoms with E-state index in [1.807, 2.05) is 45.0 Å². The number of esters is 1. The van der Waals surface area contributed by atoms with Crippen LogP contribution in [-0.2, 0) is 25.6 Å². The number of Topliss-reactive ketones (excluding diaryl/α,β-unsaturated/α-hetero) is 1. The monoisotopic (exact) mass is 563 g/mol. The van der Waals surface area contributed by atoms with E-state index in [1.165, 1.54) is 0 Å². The first-order chi connectivity index (χ1) is 20.2. The zero-order valence-corrected chi connectivity index (χ0v) is 25.7. The highest BCUT2D eigenvalue weighted by molar-refractivity contribution is 6.47. The number of aromatic nitrogens is 1. The van der Waals surface area contributed by atoms with Crippen LogP contribution in [0.1, 0.15) is 63.8 Å². The Morgan fingerprint density at radius 1 is 1.02 bits per heavy atom. The van der Waals surface area contributed by atoms with Crippen molar-refractivity contribution in [3.63, 3.8) is 0 Å². The molecule has 1 atom stereocenters. The van der Waals surface area contributed by atoms with Crippen LogP contribution in [0.4, 0.5) is 5.69 Å². The van der Waals surface area contributed by atoms with Crippen molar-refractivity contribution in [3.05, 3.63) is 76.7 Å². The minimum absolute atomic E-state index is 0.00545. The standard InChI is InChI=1S/C35H40BN2O4/c1-7-18-35(5,21-36)34(40)42-20-13-19-38-23(4)29(25-15-10-12-17-27(25)38)31-32(39)30(33(31)41-6)28-22(3)37(8-2)26-16-11-9-14-24(26)28/h9-12,14-17H,7-8,13,18-21H2,1-6H3/q+1. The average Bonchev–Trinajstić information content (AvgIpc) is 3.43. The van der Waals surface area contributed by atoms with Crippen LogP contribution in [0.2, 0.25) is 6.32 Å². The number of fused-ring (bicyclic) bond motifs is 2. The molecule has 1 unspecified atom stereocenters. The molecule has 2 heterocycles. The number of nitrogens with zero attached hydrogens (tertiary/aromatic N) is 2. The molecule has 6 nitrogen and oxygen atoms in total. The van der Waals surface area contributed by atoms with E-state index in [4.69, 9.17) is 17.3 Å². The zero-order chi connectivity index (χ0) is 30.2. The lowest BCUT2D eigenvalue weighted by Gasteiger charge is -2.26. The summed E-state index contributed by atoms with van der Waals surface area (Å²) in [5.41, 5.74) is 7.70. The van der Waals surface area contributed by atoms with Crippen LogP contribution in [-0.4, -0.2) is 54.7 Å². The van der Waals surface area contributed by atoms with Gasteiger partial charge in [-0.15, -0.1) is 0 Å². The van der Waals surface area contributed by atoms with Gasteiger partial charge in [0.1, 0.15) is 5.76 Å². The van der Waals surface area contributed by atoms with E-state index in [0.29, 0.717) is 42.9 Å². The lowest BCUT2D eigenvalue weighted by atomic mass is 9.74. The molecule has 0 saturated heterocycles. The SMILES string of the molecule is [B]CC(C)(CCC)C(=O)OCCC[N+]1=C(C)/C(=C2/C(=O)C(c3c(C)n(CC)c4ccccc34)=C2OC)c2ccccc21. The molecule has 1 aliphatic carbocycles. The third kappa shape index (κ3) is 4.63. The number of benzene rings is 2. The van der Waals surface area contributed by atoms with Gasteiger partial charge in [0.2, 0.25) is 11.5 Å². The molecule has 5 rings (SSSR count). The Morgan fingerprint density at radius 2 is 1.74 bits per heavy atom. The molecule has 0 spiro atoms. The lowest BCUT2D eigenvalue weighted by molar-refractivity contribution is -0.438. The Hall–Kier alpha value is -3.87. The number of para-hydroxylation sites is 2. The Balaban J connectivity index is 1.50. The molecule has 1 aliphatic heterocycles. The number of hydrogen-bond acceptors (Lipinski definition) is 4. The molecule has 0 bridgehead atoms. The molecule has 1 aromatic heterocycles. The van der Waals surface area contributed by atoms with Gasteiger partial charge < -0.3 is 14.0 Å². The van der Waals surface area contributed by atoms with Crippen molar-refractivity contribution in [2.24, 2.45) is 5.41 Å². The minimum atomic E-state index is -0.651. The predicted molar refractivity (Wildman–Crippen MR) is 169 cm³/mol. The highest BCUT2D eigenvalue weighted by Gasteiger charge is 2.45. The fourth-order valence-corrected chi connectivity index (χ4v) is 6.64. The summed E-state index contributed by atoms with van der Waals surface area (Å²) in [5, 5.41) is 1.06. The molecule has 2 radical (unpaired) electrons. The average molecular weight is 564 g/mol. The van der Waals surface area contributed by atoms with Gasteiger partial charge in [0.05, 0.1) is 49.3 Å². The van der Waals surface area contributed by atoms with Gasteiger partial charge in [-0.3, -0.25) is 9.59 Å². The summed E-state index contributed by atoms with van der Waals surface area (Å²) in [6.45, 7) is 11.9. The molecule has 0 N–H and O–H groups in total. The maximum absolute atomic E-state index is 14.1. The summed E-state index contributed by atoms with van der Waals surface area (Å²) in [7, 11) is 7.54. The first kappa shape index (κ1) is 29.6. The predicted octanol–water partition coefficient (Wildman–Crippen LogP) is 6.81. The van der Waals surface area contributed by atoms with E-state index >= 15 is 0 Å². The maximum atomic E-state index is 14.1. The number of rotatable bonds is 11. The second kappa shape index (κ2) is 11.8. The summed E-state index contributed by atoms with van der Waals surface area (Å²) in [6, 6.07) is 16.4. The van der Waals surface area contributed by atoms with Crippen molar-refractivity contribution in [2.45, 2.75) is 66.7 Å². The van der Waals surface area contributed by atoms with Crippen molar-refractivity contribution in [1.82, 2.24) is 4.57 Å². The van der Waals surface area contributed by atoms with E-state index in [9.17, 15) is 9.59 Å². The van der Waals surface area contributed by atoms with E-state index in [1.54, 1.807) is 7.11 Å². The molecular formula is C35H40BN2O4+. The minimum Gasteiger partial charge on any atom is -0.495 e. The summed E-state index contributed by atoms with van der Waals surface area (Å²) < 4.78 is 16.1. The second-order valence-electron chi connectivity index (χ2n) is 11.5. The molecule has 7 heteroatoms. The molecule has 0 fully saturated rings. The van der Waals surface area contributed by atoms with Crippen LogP contribution >= 0.6 is 0 Å². The Bertz CT molecular complexity index is 1680.